The van der Waals surface area contributed by atoms with Crippen molar-refractivity contribution in [1.29, 1.82) is 0 Å². The van der Waals surface area contributed by atoms with E-state index in [1.807, 2.05) is 0 Å². The first-order valence-electron chi connectivity index (χ1n) is 13.7. The standard InChI is InChI=1S/C29H36O14/c1-12-20(32)19-16(31)8-17(42-25(19)13(2)24(12)38-3)14-4-6-15(7-5-14)41-27-23(35)22(34)21(33)18(43-27)9-39-28-26(36)29(37,10-30)11-40-28/h4-7,17-18,21-23,26-28,30,32-37H,8-11H2,1-3H3/t17-,18+,21+,22-,23+,26-,27+,28+,29+/m0/s1. The van der Waals surface area contributed by atoms with Gasteiger partial charge in [-0.1, -0.05) is 12.1 Å². The number of Topliss-reactive ketones (excluding diaryl/α,β-unsaturated/α-hetero) is 1. The molecule has 43 heavy (non-hydrogen) atoms. The monoisotopic (exact) mass is 608 g/mol. The van der Waals surface area contributed by atoms with E-state index in [1.165, 1.54) is 7.11 Å². The van der Waals surface area contributed by atoms with Gasteiger partial charge in [0, 0.05) is 11.1 Å². The summed E-state index contributed by atoms with van der Waals surface area (Å²) in [5.41, 5.74) is -0.114. The number of aliphatic hydroxyl groups is 6. The summed E-state index contributed by atoms with van der Waals surface area (Å²) in [6.45, 7) is 1.85. The molecule has 0 bridgehead atoms. The van der Waals surface area contributed by atoms with Gasteiger partial charge in [-0.25, -0.2) is 0 Å². The minimum absolute atomic E-state index is 0.0166. The molecule has 0 aromatic heterocycles. The molecule has 7 N–H and O–H groups in total. The molecule has 0 radical (unpaired) electrons. The number of methoxy groups -OCH3 is 1. The predicted molar refractivity (Wildman–Crippen MR) is 144 cm³/mol. The number of aromatic hydroxyl groups is 1. The number of hydrogen-bond donors (Lipinski definition) is 7. The van der Waals surface area contributed by atoms with Gasteiger partial charge in [0.1, 0.15) is 70.8 Å². The number of hydrogen-bond acceptors (Lipinski definition) is 14. The molecule has 9 atom stereocenters. The number of ketones is 1. The van der Waals surface area contributed by atoms with Gasteiger partial charge >= 0.3 is 0 Å². The van der Waals surface area contributed by atoms with Crippen molar-refractivity contribution in [3.8, 4) is 23.0 Å². The van der Waals surface area contributed by atoms with E-state index in [9.17, 15) is 40.5 Å². The molecule has 2 aromatic carbocycles. The lowest BCUT2D eigenvalue weighted by Gasteiger charge is -2.40. The Bertz CT molecular complexity index is 1330. The van der Waals surface area contributed by atoms with Gasteiger partial charge in [0.25, 0.3) is 0 Å². The third kappa shape index (κ3) is 5.66. The van der Waals surface area contributed by atoms with E-state index in [4.69, 9.17) is 28.4 Å². The molecule has 3 aliphatic heterocycles. The molecule has 3 aliphatic rings. The highest BCUT2D eigenvalue weighted by molar-refractivity contribution is 6.03. The second kappa shape index (κ2) is 12.1. The molecule has 5 rings (SSSR count). The van der Waals surface area contributed by atoms with Crippen LogP contribution in [0.3, 0.4) is 0 Å². The number of carbonyl (C=O) groups excluding carboxylic acids is 1. The lowest BCUT2D eigenvalue weighted by molar-refractivity contribution is -0.289. The van der Waals surface area contributed by atoms with Gasteiger partial charge in [-0.05, 0) is 31.5 Å². The molecule has 0 amide bonds. The number of benzene rings is 2. The van der Waals surface area contributed by atoms with Crippen LogP contribution in [0.25, 0.3) is 0 Å². The lowest BCUT2D eigenvalue weighted by atomic mass is 9.91. The quantitative estimate of drug-likeness (QED) is 0.199. The van der Waals surface area contributed by atoms with Crippen molar-refractivity contribution in [1.82, 2.24) is 0 Å². The highest BCUT2D eigenvalue weighted by Gasteiger charge is 2.50. The Kier molecular flexibility index (Phi) is 8.87. The molecular weight excluding hydrogens is 572 g/mol. The molecule has 14 nitrogen and oxygen atoms in total. The fourth-order valence-electron chi connectivity index (χ4n) is 5.50. The molecule has 236 valence electrons. The summed E-state index contributed by atoms with van der Waals surface area (Å²) in [5, 5.41) is 71.4. The maximum absolute atomic E-state index is 13.0. The number of rotatable bonds is 8. The second-order valence-electron chi connectivity index (χ2n) is 11.0. The van der Waals surface area contributed by atoms with Crippen LogP contribution in [0.5, 0.6) is 23.0 Å². The van der Waals surface area contributed by atoms with Crippen molar-refractivity contribution in [3.05, 3.63) is 46.5 Å². The van der Waals surface area contributed by atoms with E-state index in [-0.39, 0.29) is 41.6 Å². The number of aliphatic hydroxyl groups excluding tert-OH is 5. The Balaban J connectivity index is 1.25. The van der Waals surface area contributed by atoms with Crippen LogP contribution in [-0.4, -0.2) is 117 Å². The summed E-state index contributed by atoms with van der Waals surface area (Å²) < 4.78 is 33.5. The largest absolute Gasteiger partial charge is 0.507 e. The highest BCUT2D eigenvalue weighted by Crippen LogP contribution is 2.47. The van der Waals surface area contributed by atoms with Crippen LogP contribution in [0, 0.1) is 13.8 Å². The number of ether oxygens (including phenoxy) is 6. The van der Waals surface area contributed by atoms with Gasteiger partial charge in [0.05, 0.1) is 33.4 Å². The summed E-state index contributed by atoms with van der Waals surface area (Å²) >= 11 is 0. The van der Waals surface area contributed by atoms with Crippen LogP contribution in [0.1, 0.15) is 39.6 Å². The van der Waals surface area contributed by atoms with E-state index in [0.717, 1.165) is 0 Å². The summed E-state index contributed by atoms with van der Waals surface area (Å²) in [6, 6.07) is 6.41. The summed E-state index contributed by atoms with van der Waals surface area (Å²) in [4.78, 5) is 13.0. The maximum Gasteiger partial charge on any atom is 0.229 e. The number of carbonyl (C=O) groups is 1. The SMILES string of the molecule is COc1c(C)c(O)c2c(c1C)O[C@H](c1ccc(O[C@@H]3O[C@H](CO[C@@H]4OC[C@](O)(CO)[C@H]4O)[C@@H](O)[C@H](O)[C@H]3O)cc1)CC2=O. The van der Waals surface area contributed by atoms with Gasteiger partial charge in [-0.3, -0.25) is 4.79 Å². The Morgan fingerprint density at radius 1 is 1.00 bits per heavy atom. The van der Waals surface area contributed by atoms with E-state index in [1.54, 1.807) is 38.1 Å². The van der Waals surface area contributed by atoms with Gasteiger partial charge in [-0.15, -0.1) is 0 Å². The third-order valence-corrected chi connectivity index (χ3v) is 8.13. The Morgan fingerprint density at radius 2 is 1.70 bits per heavy atom. The van der Waals surface area contributed by atoms with E-state index in [0.29, 0.717) is 22.4 Å². The molecule has 2 saturated heterocycles. The Morgan fingerprint density at radius 3 is 2.33 bits per heavy atom. The van der Waals surface area contributed by atoms with Crippen LogP contribution < -0.4 is 14.2 Å². The first-order valence-corrected chi connectivity index (χ1v) is 13.7. The normalized spacial score (nSPS) is 34.0. The van der Waals surface area contributed by atoms with Crippen molar-refractivity contribution in [3.63, 3.8) is 0 Å². The van der Waals surface area contributed by atoms with Crippen LogP contribution in [0.4, 0.5) is 0 Å². The molecule has 14 heteroatoms. The second-order valence-corrected chi connectivity index (χ2v) is 11.0. The summed E-state index contributed by atoms with van der Waals surface area (Å²) in [6.07, 6.45) is -11.1. The van der Waals surface area contributed by atoms with Crippen LogP contribution >= 0.6 is 0 Å². The fourth-order valence-corrected chi connectivity index (χ4v) is 5.50. The van der Waals surface area contributed by atoms with Crippen molar-refractivity contribution in [2.75, 3.05) is 26.9 Å². The van der Waals surface area contributed by atoms with Crippen LogP contribution in [0.2, 0.25) is 0 Å². The number of fused-ring (bicyclic) bond motifs is 1. The van der Waals surface area contributed by atoms with Gasteiger partial charge in [0.15, 0.2) is 12.1 Å². The van der Waals surface area contributed by atoms with Crippen molar-refractivity contribution < 1.29 is 69.0 Å². The molecule has 0 aliphatic carbocycles. The fraction of sp³-hybridized carbons (Fsp3) is 0.552. The smallest absolute Gasteiger partial charge is 0.229 e. The highest BCUT2D eigenvalue weighted by atomic mass is 16.7. The summed E-state index contributed by atoms with van der Waals surface area (Å²) in [7, 11) is 1.47. The molecule has 0 unspecified atom stereocenters. The molecule has 2 aromatic rings. The van der Waals surface area contributed by atoms with Crippen LogP contribution in [-0.2, 0) is 14.2 Å². The van der Waals surface area contributed by atoms with E-state index >= 15 is 0 Å². The number of phenols is 1. The molecule has 0 spiro atoms. The maximum atomic E-state index is 13.0. The predicted octanol–water partition coefficient (Wildman–Crippen LogP) is -0.632. The first kappa shape index (κ1) is 31.4. The van der Waals surface area contributed by atoms with Crippen LogP contribution in [0.15, 0.2) is 24.3 Å². The first-order chi connectivity index (χ1) is 20.4. The van der Waals surface area contributed by atoms with Gasteiger partial charge < -0.3 is 64.2 Å². The molecule has 2 fully saturated rings. The zero-order valence-electron chi connectivity index (χ0n) is 23.7. The van der Waals surface area contributed by atoms with Gasteiger partial charge in [-0.2, -0.15) is 0 Å². The molecular formula is C29H36O14. The van der Waals surface area contributed by atoms with Crippen molar-refractivity contribution >= 4 is 5.78 Å². The Hall–Kier alpha value is -3.05. The van der Waals surface area contributed by atoms with Crippen molar-refractivity contribution in [2.45, 2.75) is 75.1 Å². The zero-order valence-corrected chi connectivity index (χ0v) is 23.7. The number of phenolic OH excluding ortho intramolecular Hbond substituents is 1. The molecule has 3 heterocycles. The van der Waals surface area contributed by atoms with E-state index in [2.05, 4.69) is 0 Å². The minimum Gasteiger partial charge on any atom is -0.507 e. The average Bonchev–Trinajstić information content (AvgIpc) is 3.29. The minimum atomic E-state index is -1.91. The van der Waals surface area contributed by atoms with E-state index < -0.39 is 68.0 Å². The Labute approximate surface area is 246 Å². The zero-order chi connectivity index (χ0) is 31.2. The third-order valence-electron chi connectivity index (χ3n) is 8.13. The van der Waals surface area contributed by atoms with Gasteiger partial charge in [0.2, 0.25) is 6.29 Å². The topological polar surface area (TPSA) is 214 Å². The average molecular weight is 609 g/mol. The lowest BCUT2D eigenvalue weighted by Crippen LogP contribution is -2.60. The van der Waals surface area contributed by atoms with Crippen molar-refractivity contribution in [2.24, 2.45) is 0 Å². The summed E-state index contributed by atoms with van der Waals surface area (Å²) in [5.74, 6) is 0.443. The molecule has 0 saturated carbocycles.